The number of aryl methyl sites for hydroxylation is 2. The molecule has 0 aromatic heterocycles. The third kappa shape index (κ3) is 4.94. The lowest BCUT2D eigenvalue weighted by atomic mass is 9.92. The predicted octanol–water partition coefficient (Wildman–Crippen LogP) is 8.00. The summed E-state index contributed by atoms with van der Waals surface area (Å²) < 4.78 is 0. The van der Waals surface area contributed by atoms with Crippen molar-refractivity contribution in [3.8, 4) is 33.4 Å². The van der Waals surface area contributed by atoms with E-state index >= 15 is 0 Å². The summed E-state index contributed by atoms with van der Waals surface area (Å²) in [7, 11) is 0. The van der Waals surface area contributed by atoms with Gasteiger partial charge in [0.15, 0.2) is 0 Å². The zero-order valence-corrected chi connectivity index (χ0v) is 26.8. The van der Waals surface area contributed by atoms with Gasteiger partial charge in [-0.15, -0.1) is 0 Å². The van der Waals surface area contributed by atoms with Gasteiger partial charge in [-0.05, 0) is 59.1 Å². The molecular weight excluding hydrogens is 619 g/mol. The second kappa shape index (κ2) is 11.5. The molecule has 8 rings (SSSR count). The van der Waals surface area contributed by atoms with E-state index in [4.69, 9.17) is 23.2 Å². The van der Waals surface area contributed by atoms with Crippen molar-refractivity contribution in [2.24, 2.45) is 11.8 Å². The molecule has 0 saturated carbocycles. The van der Waals surface area contributed by atoms with Crippen molar-refractivity contribution >= 4 is 35.1 Å². The van der Waals surface area contributed by atoms with Crippen LogP contribution in [0.2, 0.25) is 10.0 Å². The minimum absolute atomic E-state index is 0.254. The number of fused-ring (bicyclic) bond motifs is 2. The third-order valence-corrected chi connectivity index (χ3v) is 11.5. The van der Waals surface area contributed by atoms with Gasteiger partial charge in [-0.2, -0.15) is 0 Å². The Labute approximate surface area is 278 Å². The number of rotatable bonds is 7. The summed E-state index contributed by atoms with van der Waals surface area (Å²) >= 11 is 14.3. The van der Waals surface area contributed by atoms with E-state index in [9.17, 15) is 19.8 Å². The highest BCUT2D eigenvalue weighted by molar-refractivity contribution is 6.39. The van der Waals surface area contributed by atoms with Crippen molar-refractivity contribution in [2.45, 2.75) is 37.8 Å². The van der Waals surface area contributed by atoms with E-state index in [1.807, 2.05) is 24.3 Å². The first kappa shape index (κ1) is 29.7. The third-order valence-electron chi connectivity index (χ3n) is 10.7. The van der Waals surface area contributed by atoms with Crippen LogP contribution in [0.4, 0.5) is 0 Å². The molecule has 2 fully saturated rings. The number of likely N-dealkylation sites (tertiary alicyclic amines) is 2. The summed E-state index contributed by atoms with van der Waals surface area (Å²) in [6, 6.07) is 25.9. The van der Waals surface area contributed by atoms with Crippen molar-refractivity contribution in [1.82, 2.24) is 9.80 Å². The predicted molar refractivity (Wildman–Crippen MR) is 180 cm³/mol. The number of hydrogen-bond acceptors (Lipinski definition) is 4. The van der Waals surface area contributed by atoms with E-state index in [1.54, 1.807) is 0 Å². The Morgan fingerprint density at radius 1 is 0.587 bits per heavy atom. The molecule has 2 aliphatic carbocycles. The monoisotopic (exact) mass is 652 g/mol. The smallest absolute Gasteiger partial charge is 0.309 e. The molecule has 0 radical (unpaired) electrons. The van der Waals surface area contributed by atoms with Gasteiger partial charge in [0, 0.05) is 60.5 Å². The topological polar surface area (TPSA) is 81.1 Å². The second-order valence-electron chi connectivity index (χ2n) is 13.2. The Bertz CT molecular complexity index is 1760. The van der Waals surface area contributed by atoms with Crippen molar-refractivity contribution < 1.29 is 19.8 Å². The second-order valence-corrected chi connectivity index (χ2v) is 14.0. The standard InChI is InChI=1S/C38H34Cl2N2O4/c39-35-29(23-7-11-27-21(15-23)9-13-33(27)41-17-25(18-41)37(43)44)3-1-5-31(35)32-6-2-4-30(36(32)40)24-8-12-28-22(16-24)10-14-34(28)42-19-26(20-42)38(45)46/h1-8,11-12,15-16,25-26,33-34H,9-10,13-14,17-20H2,(H,43,44)(H,45,46)/t33-,34?/m1/s1. The lowest BCUT2D eigenvalue weighted by Crippen LogP contribution is -2.51. The van der Waals surface area contributed by atoms with Crippen LogP contribution >= 0.6 is 23.2 Å². The van der Waals surface area contributed by atoms with E-state index in [-0.39, 0.29) is 23.9 Å². The van der Waals surface area contributed by atoms with Gasteiger partial charge in [0.2, 0.25) is 0 Å². The molecule has 4 aliphatic rings. The number of carbonyl (C=O) groups is 2. The molecule has 8 heteroatoms. The maximum absolute atomic E-state index is 11.3. The summed E-state index contributed by atoms with van der Waals surface area (Å²) in [4.78, 5) is 27.2. The van der Waals surface area contributed by atoms with Crippen molar-refractivity contribution in [1.29, 1.82) is 0 Å². The average Bonchev–Trinajstić information content (AvgIpc) is 3.60. The zero-order chi connectivity index (χ0) is 31.7. The Kier molecular flexibility index (Phi) is 7.45. The molecule has 1 unspecified atom stereocenters. The number of halogens is 2. The van der Waals surface area contributed by atoms with Crippen LogP contribution in [0.5, 0.6) is 0 Å². The molecular formula is C38H34Cl2N2O4. The van der Waals surface area contributed by atoms with E-state index < -0.39 is 11.9 Å². The van der Waals surface area contributed by atoms with Crippen LogP contribution in [0.25, 0.3) is 33.4 Å². The molecule has 46 heavy (non-hydrogen) atoms. The van der Waals surface area contributed by atoms with Gasteiger partial charge in [0.25, 0.3) is 0 Å². The van der Waals surface area contributed by atoms with Gasteiger partial charge in [0.05, 0.1) is 21.9 Å². The highest BCUT2D eigenvalue weighted by atomic mass is 35.5. The van der Waals surface area contributed by atoms with Gasteiger partial charge in [-0.1, -0.05) is 96.0 Å². The maximum atomic E-state index is 11.3. The summed E-state index contributed by atoms with van der Waals surface area (Å²) in [5, 5.41) is 19.9. The molecule has 2 atom stereocenters. The summed E-state index contributed by atoms with van der Waals surface area (Å²) in [6.45, 7) is 2.48. The highest BCUT2D eigenvalue weighted by Gasteiger charge is 2.40. The zero-order valence-electron chi connectivity index (χ0n) is 25.3. The van der Waals surface area contributed by atoms with E-state index in [1.165, 1.54) is 22.3 Å². The van der Waals surface area contributed by atoms with Crippen LogP contribution < -0.4 is 0 Å². The highest BCUT2D eigenvalue weighted by Crippen LogP contribution is 2.46. The fraction of sp³-hybridized carbons (Fsp3) is 0.316. The Hall–Kier alpha value is -3.68. The molecule has 4 aromatic carbocycles. The summed E-state index contributed by atoms with van der Waals surface area (Å²) in [5.41, 5.74) is 11.0. The SMILES string of the molecule is O=C(O)C1CN(C2CCc3cc(-c4cccc(-c5cccc(-c6ccc7c(c6)CC[C@H]7N6CC(C(=O)O)C6)c5Cl)c4Cl)ccc32)C1. The van der Waals surface area contributed by atoms with Gasteiger partial charge in [0.1, 0.15) is 0 Å². The maximum Gasteiger partial charge on any atom is 0.309 e. The van der Waals surface area contributed by atoms with Crippen LogP contribution in [0.1, 0.15) is 47.2 Å². The number of carboxylic acids is 2. The van der Waals surface area contributed by atoms with Gasteiger partial charge in [-0.25, -0.2) is 0 Å². The van der Waals surface area contributed by atoms with Crippen molar-refractivity contribution in [2.75, 3.05) is 26.2 Å². The molecule has 4 aromatic rings. The molecule has 2 aliphatic heterocycles. The minimum Gasteiger partial charge on any atom is -0.481 e. The van der Waals surface area contributed by atoms with Crippen LogP contribution in [0, 0.1) is 11.8 Å². The first-order valence-electron chi connectivity index (χ1n) is 16.0. The molecule has 0 bridgehead atoms. The van der Waals surface area contributed by atoms with E-state index in [0.29, 0.717) is 36.2 Å². The van der Waals surface area contributed by atoms with Crippen molar-refractivity contribution in [3.63, 3.8) is 0 Å². The number of aliphatic carboxylic acids is 2. The quantitative estimate of drug-likeness (QED) is 0.211. The molecule has 2 heterocycles. The normalized spacial score (nSPS) is 21.4. The van der Waals surface area contributed by atoms with Gasteiger partial charge >= 0.3 is 11.9 Å². The molecule has 2 N–H and O–H groups in total. The summed E-state index contributed by atoms with van der Waals surface area (Å²) in [6.07, 6.45) is 3.95. The lowest BCUT2D eigenvalue weighted by Gasteiger charge is -2.41. The number of carboxylic acid groups (broad SMARTS) is 2. The van der Waals surface area contributed by atoms with E-state index in [2.05, 4.69) is 58.3 Å². The summed E-state index contributed by atoms with van der Waals surface area (Å²) in [5.74, 6) is -1.91. The van der Waals surface area contributed by atoms with Crippen LogP contribution in [-0.4, -0.2) is 58.1 Å². The van der Waals surface area contributed by atoms with Gasteiger partial charge < -0.3 is 10.2 Å². The number of hydrogen-bond donors (Lipinski definition) is 2. The van der Waals surface area contributed by atoms with Crippen LogP contribution in [0.3, 0.4) is 0 Å². The average molecular weight is 654 g/mol. The molecule has 0 amide bonds. The van der Waals surface area contributed by atoms with E-state index in [0.717, 1.165) is 59.1 Å². The first-order valence-corrected chi connectivity index (χ1v) is 16.8. The fourth-order valence-electron chi connectivity index (χ4n) is 8.06. The van der Waals surface area contributed by atoms with Crippen molar-refractivity contribution in [3.05, 3.63) is 105 Å². The first-order chi connectivity index (χ1) is 22.3. The Morgan fingerprint density at radius 3 is 1.37 bits per heavy atom. The molecule has 234 valence electrons. The molecule has 6 nitrogen and oxygen atoms in total. The Morgan fingerprint density at radius 2 is 0.978 bits per heavy atom. The van der Waals surface area contributed by atoms with Crippen LogP contribution in [-0.2, 0) is 22.4 Å². The number of nitrogens with zero attached hydrogens (tertiary/aromatic N) is 2. The van der Waals surface area contributed by atoms with Crippen LogP contribution in [0.15, 0.2) is 72.8 Å². The van der Waals surface area contributed by atoms with Gasteiger partial charge in [-0.3, -0.25) is 19.4 Å². The fourth-order valence-corrected chi connectivity index (χ4v) is 8.73. The molecule has 0 spiro atoms. The Balaban J connectivity index is 1.05. The minimum atomic E-state index is -0.702. The molecule has 2 saturated heterocycles. The largest absolute Gasteiger partial charge is 0.481 e. The lowest BCUT2D eigenvalue weighted by molar-refractivity contribution is -0.149. The number of benzene rings is 4.